The first kappa shape index (κ1) is 16.8. The number of benzene rings is 3. The highest BCUT2D eigenvalue weighted by atomic mass is 79.9. The molecule has 5 rings (SSSR count). The maximum atomic E-state index is 12.2. The van der Waals surface area contributed by atoms with Crippen LogP contribution in [0.1, 0.15) is 30.0 Å². The highest BCUT2D eigenvalue weighted by Gasteiger charge is 2.63. The molecular formula is C24H19BrO2. The summed E-state index contributed by atoms with van der Waals surface area (Å²) in [6, 6.07) is 26.3. The van der Waals surface area contributed by atoms with Gasteiger partial charge in [-0.2, -0.15) is 0 Å². The van der Waals surface area contributed by atoms with E-state index in [0.29, 0.717) is 6.42 Å². The van der Waals surface area contributed by atoms with Crippen molar-refractivity contribution in [2.75, 3.05) is 0 Å². The summed E-state index contributed by atoms with van der Waals surface area (Å²) < 4.78 is 7.37. The Labute approximate surface area is 167 Å². The molecule has 2 aliphatic rings. The first-order valence-electron chi connectivity index (χ1n) is 9.09. The fourth-order valence-electron chi connectivity index (χ4n) is 4.55. The minimum absolute atomic E-state index is 0.646. The number of para-hydroxylation sites is 1. The van der Waals surface area contributed by atoms with Crippen molar-refractivity contribution >= 4 is 27.1 Å². The molecule has 3 aromatic rings. The van der Waals surface area contributed by atoms with Crippen LogP contribution < -0.4 is 4.74 Å². The van der Waals surface area contributed by atoms with Crippen LogP contribution in [0.2, 0.25) is 0 Å². The summed E-state index contributed by atoms with van der Waals surface area (Å²) in [4.78, 5) is 0. The third kappa shape index (κ3) is 2.28. The lowest BCUT2D eigenvalue weighted by Gasteiger charge is -2.34. The Morgan fingerprint density at radius 2 is 1.52 bits per heavy atom. The van der Waals surface area contributed by atoms with Gasteiger partial charge in [0.2, 0.25) is 0 Å². The predicted molar refractivity (Wildman–Crippen MR) is 111 cm³/mol. The van der Waals surface area contributed by atoms with E-state index in [2.05, 4.69) is 40.2 Å². The van der Waals surface area contributed by atoms with Gasteiger partial charge in [-0.3, -0.25) is 0 Å². The summed E-state index contributed by atoms with van der Waals surface area (Å²) >= 11 is 3.52. The monoisotopic (exact) mass is 418 g/mol. The molecule has 3 heteroatoms. The summed E-state index contributed by atoms with van der Waals surface area (Å²) in [5, 5.41) is 12.2. The molecule has 0 spiro atoms. The van der Waals surface area contributed by atoms with Gasteiger partial charge in [-0.25, -0.2) is 0 Å². The lowest BCUT2D eigenvalue weighted by molar-refractivity contribution is -0.0516. The van der Waals surface area contributed by atoms with Crippen LogP contribution in [0.4, 0.5) is 0 Å². The standard InChI is InChI=1S/C24H19BrO2/c1-23-15-19(16-7-3-2-4-8-16)22(17-11-13-18(25)14-12-17)24(23,26)20-9-5-6-10-21(20)27-23/h2-14,26H,15H2,1H3/t23-,24-/m0/s1. The van der Waals surface area contributed by atoms with E-state index in [1.807, 2.05) is 61.5 Å². The van der Waals surface area contributed by atoms with Crippen molar-refractivity contribution in [2.24, 2.45) is 0 Å². The number of fused-ring (bicyclic) bond motifs is 3. The van der Waals surface area contributed by atoms with E-state index in [9.17, 15) is 5.11 Å². The molecular weight excluding hydrogens is 400 g/mol. The van der Waals surface area contributed by atoms with Crippen molar-refractivity contribution in [3.05, 3.63) is 100 Å². The van der Waals surface area contributed by atoms with Crippen molar-refractivity contribution in [3.63, 3.8) is 0 Å². The molecule has 1 N–H and O–H groups in total. The molecule has 2 nitrogen and oxygen atoms in total. The second-order valence-electron chi connectivity index (χ2n) is 7.44. The molecule has 0 radical (unpaired) electrons. The molecule has 0 fully saturated rings. The number of halogens is 1. The number of ether oxygens (including phenoxy) is 1. The molecule has 0 amide bonds. The van der Waals surface area contributed by atoms with Crippen LogP contribution in [0.5, 0.6) is 5.75 Å². The Balaban J connectivity index is 1.82. The molecule has 1 aliphatic heterocycles. The van der Waals surface area contributed by atoms with Gasteiger partial charge in [0, 0.05) is 22.0 Å². The van der Waals surface area contributed by atoms with E-state index in [1.54, 1.807) is 0 Å². The summed E-state index contributed by atoms with van der Waals surface area (Å²) in [5.74, 6) is 0.768. The minimum atomic E-state index is -1.19. The number of aliphatic hydroxyl groups is 1. The van der Waals surface area contributed by atoms with Gasteiger partial charge in [0.05, 0.1) is 0 Å². The van der Waals surface area contributed by atoms with Gasteiger partial charge in [-0.15, -0.1) is 0 Å². The fourth-order valence-corrected chi connectivity index (χ4v) is 4.81. The normalized spacial score (nSPS) is 25.9. The highest BCUT2D eigenvalue weighted by molar-refractivity contribution is 9.10. The molecule has 0 saturated carbocycles. The molecule has 2 atom stereocenters. The molecule has 0 aromatic heterocycles. The van der Waals surface area contributed by atoms with E-state index < -0.39 is 11.2 Å². The SMILES string of the molecule is C[C@]12CC(c3ccccc3)=C(c3ccc(Br)cc3)[C@@]1(O)c1ccccc1O2. The zero-order valence-corrected chi connectivity index (χ0v) is 16.5. The van der Waals surface area contributed by atoms with Crippen molar-refractivity contribution < 1.29 is 9.84 Å². The van der Waals surface area contributed by atoms with Crippen molar-refractivity contribution in [3.8, 4) is 5.75 Å². The average molecular weight is 419 g/mol. The van der Waals surface area contributed by atoms with Gasteiger partial charge < -0.3 is 9.84 Å². The van der Waals surface area contributed by atoms with Gasteiger partial charge in [0.1, 0.15) is 11.4 Å². The Morgan fingerprint density at radius 1 is 0.852 bits per heavy atom. The van der Waals surface area contributed by atoms with Crippen LogP contribution in [-0.2, 0) is 5.60 Å². The highest BCUT2D eigenvalue weighted by Crippen LogP contribution is 2.63. The van der Waals surface area contributed by atoms with Crippen LogP contribution >= 0.6 is 15.9 Å². The van der Waals surface area contributed by atoms with E-state index in [4.69, 9.17) is 4.74 Å². The smallest absolute Gasteiger partial charge is 0.158 e. The van der Waals surface area contributed by atoms with Crippen LogP contribution in [0, 0.1) is 0 Å². The average Bonchev–Trinajstić information content (AvgIpc) is 3.05. The Kier molecular flexibility index (Phi) is 3.62. The van der Waals surface area contributed by atoms with E-state index >= 15 is 0 Å². The van der Waals surface area contributed by atoms with E-state index in [1.165, 1.54) is 0 Å². The largest absolute Gasteiger partial charge is 0.483 e. The zero-order chi connectivity index (χ0) is 18.6. The summed E-state index contributed by atoms with van der Waals surface area (Å²) in [7, 11) is 0. The Hall–Kier alpha value is -2.36. The first-order chi connectivity index (χ1) is 13.0. The Morgan fingerprint density at radius 3 is 2.26 bits per heavy atom. The lowest BCUT2D eigenvalue weighted by atomic mass is 9.77. The molecule has 134 valence electrons. The molecule has 1 heterocycles. The molecule has 27 heavy (non-hydrogen) atoms. The van der Waals surface area contributed by atoms with Gasteiger partial charge in [0.15, 0.2) is 5.60 Å². The number of hydrogen-bond donors (Lipinski definition) is 1. The maximum absolute atomic E-state index is 12.2. The first-order valence-corrected chi connectivity index (χ1v) is 9.88. The van der Waals surface area contributed by atoms with E-state index in [0.717, 1.165) is 38.1 Å². The molecule has 0 unspecified atom stereocenters. The Bertz CT molecular complexity index is 1060. The number of rotatable bonds is 2. The van der Waals surface area contributed by atoms with Crippen molar-refractivity contribution in [1.82, 2.24) is 0 Å². The van der Waals surface area contributed by atoms with E-state index in [-0.39, 0.29) is 0 Å². The summed E-state index contributed by atoms with van der Waals surface area (Å²) in [6.45, 7) is 2.02. The zero-order valence-electron chi connectivity index (χ0n) is 14.9. The number of hydrogen-bond acceptors (Lipinski definition) is 2. The molecule has 3 aromatic carbocycles. The molecule has 1 aliphatic carbocycles. The predicted octanol–water partition coefficient (Wildman–Crippen LogP) is 5.80. The van der Waals surface area contributed by atoms with Crippen LogP contribution in [0.3, 0.4) is 0 Å². The topological polar surface area (TPSA) is 29.5 Å². The van der Waals surface area contributed by atoms with Gasteiger partial charge >= 0.3 is 0 Å². The van der Waals surface area contributed by atoms with Crippen molar-refractivity contribution in [1.29, 1.82) is 0 Å². The lowest BCUT2D eigenvalue weighted by Crippen LogP contribution is -2.46. The van der Waals surface area contributed by atoms with Gasteiger partial charge in [0.25, 0.3) is 0 Å². The second-order valence-corrected chi connectivity index (χ2v) is 8.36. The van der Waals surface area contributed by atoms with Crippen LogP contribution in [0.15, 0.2) is 83.3 Å². The fraction of sp³-hybridized carbons (Fsp3) is 0.167. The van der Waals surface area contributed by atoms with Crippen LogP contribution in [-0.4, -0.2) is 10.7 Å². The summed E-state index contributed by atoms with van der Waals surface area (Å²) in [5.41, 5.74) is 3.14. The molecule has 0 saturated heterocycles. The van der Waals surface area contributed by atoms with Crippen LogP contribution in [0.25, 0.3) is 11.1 Å². The minimum Gasteiger partial charge on any atom is -0.483 e. The quantitative estimate of drug-likeness (QED) is 0.569. The van der Waals surface area contributed by atoms with Gasteiger partial charge in [-0.05, 0) is 41.8 Å². The summed E-state index contributed by atoms with van der Waals surface area (Å²) in [6.07, 6.45) is 0.646. The third-order valence-electron chi connectivity index (χ3n) is 5.81. The second kappa shape index (κ2) is 5.82. The van der Waals surface area contributed by atoms with Crippen molar-refractivity contribution in [2.45, 2.75) is 24.5 Å². The maximum Gasteiger partial charge on any atom is 0.158 e. The molecule has 0 bridgehead atoms. The van der Waals surface area contributed by atoms with Gasteiger partial charge in [-0.1, -0.05) is 76.6 Å². The third-order valence-corrected chi connectivity index (χ3v) is 6.34.